The van der Waals surface area contributed by atoms with Crippen LogP contribution in [0.4, 0.5) is 0 Å². The van der Waals surface area contributed by atoms with Crippen molar-refractivity contribution >= 4 is 22.2 Å². The van der Waals surface area contributed by atoms with Crippen LogP contribution in [0.15, 0.2) is 76.7 Å². The number of amides is 1. The topological polar surface area (TPSA) is 113 Å². The number of hydrazone groups is 1. The highest BCUT2D eigenvalue weighted by Crippen LogP contribution is 2.30. The number of hydrogen-bond donors (Lipinski definition) is 1. The molecule has 0 aliphatic heterocycles. The van der Waals surface area contributed by atoms with Gasteiger partial charge in [-0.1, -0.05) is 0 Å². The van der Waals surface area contributed by atoms with Crippen LogP contribution in [0.25, 0.3) is 0 Å². The van der Waals surface area contributed by atoms with Crippen molar-refractivity contribution in [2.45, 2.75) is 4.90 Å². The summed E-state index contributed by atoms with van der Waals surface area (Å²) >= 11 is 0. The second-order valence-electron chi connectivity index (χ2n) is 6.55. The summed E-state index contributed by atoms with van der Waals surface area (Å²) in [5, 5.41) is 3.92. The van der Waals surface area contributed by atoms with Crippen LogP contribution in [0.1, 0.15) is 15.9 Å². The van der Waals surface area contributed by atoms with Gasteiger partial charge in [-0.05, 0) is 72.3 Å². The van der Waals surface area contributed by atoms with Gasteiger partial charge in [0.15, 0.2) is 11.5 Å². The molecule has 9 nitrogen and oxygen atoms in total. The molecule has 3 rings (SSSR count). The van der Waals surface area contributed by atoms with E-state index in [-0.39, 0.29) is 16.4 Å². The Kier molecular flexibility index (Phi) is 7.52. The Hall–Kier alpha value is -4.05. The number of benzene rings is 3. The van der Waals surface area contributed by atoms with Gasteiger partial charge in [-0.25, -0.2) is 5.43 Å². The number of rotatable bonds is 9. The van der Waals surface area contributed by atoms with Gasteiger partial charge in [-0.3, -0.25) is 4.79 Å². The molecule has 33 heavy (non-hydrogen) atoms. The Morgan fingerprint density at radius 3 is 2.00 bits per heavy atom. The van der Waals surface area contributed by atoms with E-state index >= 15 is 0 Å². The number of nitrogens with one attached hydrogen (secondary N) is 1. The van der Waals surface area contributed by atoms with Gasteiger partial charge >= 0.3 is 10.1 Å². The molecule has 0 aliphatic carbocycles. The lowest BCUT2D eigenvalue weighted by Crippen LogP contribution is -2.17. The van der Waals surface area contributed by atoms with E-state index in [9.17, 15) is 13.2 Å². The first kappa shape index (κ1) is 23.6. The highest BCUT2D eigenvalue weighted by Gasteiger charge is 2.19. The van der Waals surface area contributed by atoms with E-state index in [1.807, 2.05) is 0 Å². The average molecular weight is 471 g/mol. The summed E-state index contributed by atoms with van der Waals surface area (Å²) in [5.41, 5.74) is 3.38. The zero-order valence-corrected chi connectivity index (χ0v) is 19.0. The number of ether oxygens (including phenoxy) is 3. The molecule has 0 radical (unpaired) electrons. The molecule has 0 aromatic heterocycles. The summed E-state index contributed by atoms with van der Waals surface area (Å²) < 4.78 is 45.7. The van der Waals surface area contributed by atoms with Crippen molar-refractivity contribution in [3.63, 3.8) is 0 Å². The molecule has 0 spiro atoms. The van der Waals surface area contributed by atoms with Crippen molar-refractivity contribution in [2.24, 2.45) is 5.10 Å². The van der Waals surface area contributed by atoms with E-state index in [4.69, 9.17) is 18.4 Å². The normalized spacial score (nSPS) is 11.1. The third kappa shape index (κ3) is 6.01. The summed E-state index contributed by atoms with van der Waals surface area (Å²) in [6, 6.07) is 16.9. The highest BCUT2D eigenvalue weighted by atomic mass is 32.2. The van der Waals surface area contributed by atoms with Crippen LogP contribution in [0.5, 0.6) is 23.0 Å². The predicted molar refractivity (Wildman–Crippen MR) is 122 cm³/mol. The van der Waals surface area contributed by atoms with Crippen molar-refractivity contribution < 1.29 is 31.6 Å². The number of carbonyl (C=O) groups is 1. The van der Waals surface area contributed by atoms with Crippen molar-refractivity contribution in [3.8, 4) is 23.0 Å². The van der Waals surface area contributed by atoms with Crippen LogP contribution in [0.2, 0.25) is 0 Å². The van der Waals surface area contributed by atoms with Gasteiger partial charge in [0.1, 0.15) is 16.4 Å². The second-order valence-corrected chi connectivity index (χ2v) is 8.10. The van der Waals surface area contributed by atoms with E-state index in [1.54, 1.807) is 37.4 Å². The molecule has 1 N–H and O–H groups in total. The molecule has 1 amide bonds. The van der Waals surface area contributed by atoms with Gasteiger partial charge < -0.3 is 18.4 Å². The number of carbonyl (C=O) groups excluding carboxylic acids is 1. The molecule has 3 aromatic carbocycles. The molecule has 3 aromatic rings. The smallest absolute Gasteiger partial charge is 0.339 e. The molecule has 0 aliphatic rings. The molecule has 10 heteroatoms. The first-order valence-corrected chi connectivity index (χ1v) is 11.0. The molecule has 0 heterocycles. The van der Waals surface area contributed by atoms with Crippen molar-refractivity contribution in [1.29, 1.82) is 0 Å². The fraction of sp³-hybridized carbons (Fsp3) is 0.130. The van der Waals surface area contributed by atoms with E-state index in [1.165, 1.54) is 56.8 Å². The maximum Gasteiger partial charge on any atom is 0.339 e. The maximum absolute atomic E-state index is 12.6. The minimum absolute atomic E-state index is 0.00716. The molecular weight excluding hydrogens is 448 g/mol. The zero-order chi connectivity index (χ0) is 23.8. The number of hydrogen-bond acceptors (Lipinski definition) is 8. The first-order valence-electron chi connectivity index (χ1n) is 9.60. The average Bonchev–Trinajstić information content (AvgIpc) is 2.84. The van der Waals surface area contributed by atoms with Gasteiger partial charge in [0, 0.05) is 5.56 Å². The molecule has 0 atom stereocenters. The maximum atomic E-state index is 12.6. The van der Waals surface area contributed by atoms with Crippen LogP contribution in [0.3, 0.4) is 0 Å². The zero-order valence-electron chi connectivity index (χ0n) is 18.1. The fourth-order valence-electron chi connectivity index (χ4n) is 2.71. The van der Waals surface area contributed by atoms with Crippen LogP contribution < -0.4 is 23.8 Å². The van der Waals surface area contributed by atoms with Crippen molar-refractivity contribution in [2.75, 3.05) is 21.3 Å². The van der Waals surface area contributed by atoms with Crippen LogP contribution in [0, 0.1) is 0 Å². The second kappa shape index (κ2) is 10.5. The van der Waals surface area contributed by atoms with Gasteiger partial charge in [0.05, 0.1) is 27.5 Å². The van der Waals surface area contributed by atoms with Gasteiger partial charge in [0.25, 0.3) is 5.91 Å². The Morgan fingerprint density at radius 1 is 0.818 bits per heavy atom. The van der Waals surface area contributed by atoms with Crippen molar-refractivity contribution in [1.82, 2.24) is 5.43 Å². The first-order chi connectivity index (χ1) is 15.9. The summed E-state index contributed by atoms with van der Waals surface area (Å²) in [6.07, 6.45) is 1.39. The molecular formula is C23H22N2O7S. The number of methoxy groups -OCH3 is 3. The Balaban J connectivity index is 1.70. The van der Waals surface area contributed by atoms with Crippen LogP contribution in [-0.4, -0.2) is 41.9 Å². The fourth-order valence-corrected chi connectivity index (χ4v) is 3.65. The summed E-state index contributed by atoms with van der Waals surface area (Å²) in [7, 11) is 0.327. The van der Waals surface area contributed by atoms with E-state index in [0.29, 0.717) is 22.6 Å². The van der Waals surface area contributed by atoms with E-state index in [0.717, 1.165) is 0 Å². The SMILES string of the molecule is COc1ccc(C(=O)N/N=C\c2ccc(OS(=O)(=O)c3ccc(OC)cc3)c(OC)c2)cc1. The van der Waals surface area contributed by atoms with Gasteiger partial charge in [0.2, 0.25) is 0 Å². The lowest BCUT2D eigenvalue weighted by Gasteiger charge is -2.11. The van der Waals surface area contributed by atoms with E-state index < -0.39 is 16.0 Å². The Bertz CT molecular complexity index is 1240. The lowest BCUT2D eigenvalue weighted by atomic mass is 10.2. The molecule has 172 valence electrons. The quantitative estimate of drug-likeness (QED) is 0.290. The van der Waals surface area contributed by atoms with Gasteiger partial charge in [-0.15, -0.1) is 0 Å². The lowest BCUT2D eigenvalue weighted by molar-refractivity contribution is 0.0955. The van der Waals surface area contributed by atoms with Crippen LogP contribution in [-0.2, 0) is 10.1 Å². The van der Waals surface area contributed by atoms with Gasteiger partial charge in [-0.2, -0.15) is 13.5 Å². The molecule has 0 saturated carbocycles. The summed E-state index contributed by atoms with van der Waals surface area (Å²) in [6.45, 7) is 0. The monoisotopic (exact) mass is 470 g/mol. The number of nitrogens with zero attached hydrogens (tertiary/aromatic N) is 1. The Labute approximate surface area is 191 Å². The van der Waals surface area contributed by atoms with E-state index in [2.05, 4.69) is 10.5 Å². The Morgan fingerprint density at radius 2 is 1.42 bits per heavy atom. The van der Waals surface area contributed by atoms with Crippen molar-refractivity contribution in [3.05, 3.63) is 77.9 Å². The highest BCUT2D eigenvalue weighted by molar-refractivity contribution is 7.87. The summed E-state index contributed by atoms with van der Waals surface area (Å²) in [4.78, 5) is 12.1. The minimum Gasteiger partial charge on any atom is -0.497 e. The predicted octanol–water partition coefficient (Wildman–Crippen LogP) is 3.24. The third-order valence-corrected chi connectivity index (χ3v) is 5.72. The largest absolute Gasteiger partial charge is 0.497 e. The molecule has 0 saturated heterocycles. The molecule has 0 unspecified atom stereocenters. The third-order valence-electron chi connectivity index (χ3n) is 4.47. The van der Waals surface area contributed by atoms with Crippen LogP contribution >= 0.6 is 0 Å². The molecule has 0 fully saturated rings. The minimum atomic E-state index is -4.08. The molecule has 0 bridgehead atoms. The summed E-state index contributed by atoms with van der Waals surface area (Å²) in [5.74, 6) is 0.948. The standard InChI is InChI=1S/C23H22N2O7S/c1-29-18-7-5-17(6-8-18)23(26)25-24-15-16-4-13-21(22(14-16)31-3)32-33(27,28)20-11-9-19(30-2)10-12-20/h4-15H,1-3H3,(H,25,26)/b24-15-.